The average molecular weight is 290 g/mol. The Morgan fingerprint density at radius 2 is 1.71 bits per heavy atom. The summed E-state index contributed by atoms with van der Waals surface area (Å²) in [6.07, 6.45) is 0.0760. The van der Waals surface area contributed by atoms with Crippen LogP contribution in [0.15, 0.2) is 42.5 Å². The number of aryl methyl sites for hydroxylation is 1. The molecular formula is C17H16F2O2. The highest BCUT2D eigenvalue weighted by molar-refractivity contribution is 5.71. The SMILES string of the molecule is Cc1cccc(CC(Cc2c(F)cccc2F)C(=O)O)c1. The number of carboxylic acid groups (broad SMARTS) is 1. The summed E-state index contributed by atoms with van der Waals surface area (Å²) in [5.41, 5.74) is 1.70. The van der Waals surface area contributed by atoms with Crippen LogP contribution in [0, 0.1) is 24.5 Å². The van der Waals surface area contributed by atoms with Gasteiger partial charge in [0.1, 0.15) is 11.6 Å². The second-order valence-corrected chi connectivity index (χ2v) is 5.13. The lowest BCUT2D eigenvalue weighted by Crippen LogP contribution is -2.20. The van der Waals surface area contributed by atoms with Crippen molar-refractivity contribution in [2.24, 2.45) is 5.92 Å². The molecule has 110 valence electrons. The zero-order valence-corrected chi connectivity index (χ0v) is 11.6. The first-order valence-corrected chi connectivity index (χ1v) is 6.68. The summed E-state index contributed by atoms with van der Waals surface area (Å²) in [7, 11) is 0. The van der Waals surface area contributed by atoms with E-state index in [9.17, 15) is 18.7 Å². The molecule has 0 bridgehead atoms. The van der Waals surface area contributed by atoms with Crippen molar-refractivity contribution in [2.75, 3.05) is 0 Å². The molecule has 0 saturated carbocycles. The Bertz CT molecular complexity index is 633. The van der Waals surface area contributed by atoms with Crippen LogP contribution < -0.4 is 0 Å². The van der Waals surface area contributed by atoms with E-state index in [0.29, 0.717) is 0 Å². The van der Waals surface area contributed by atoms with Crippen LogP contribution in [0.2, 0.25) is 0 Å². The predicted molar refractivity (Wildman–Crippen MR) is 76.1 cm³/mol. The molecular weight excluding hydrogens is 274 g/mol. The summed E-state index contributed by atoms with van der Waals surface area (Å²) in [4.78, 5) is 11.4. The molecule has 0 heterocycles. The second-order valence-electron chi connectivity index (χ2n) is 5.13. The minimum atomic E-state index is -1.06. The number of carbonyl (C=O) groups is 1. The molecule has 1 atom stereocenters. The molecule has 0 aliphatic heterocycles. The summed E-state index contributed by atoms with van der Waals surface area (Å²) in [6, 6.07) is 11.0. The average Bonchev–Trinajstić information content (AvgIpc) is 2.41. The second kappa shape index (κ2) is 6.48. The Morgan fingerprint density at radius 1 is 1.10 bits per heavy atom. The van der Waals surface area contributed by atoms with E-state index in [1.165, 1.54) is 6.07 Å². The standard InChI is InChI=1S/C17H16F2O2/c1-11-4-2-5-12(8-11)9-13(17(20)21)10-14-15(18)6-3-7-16(14)19/h2-8,13H,9-10H2,1H3,(H,20,21). The van der Waals surface area contributed by atoms with Gasteiger partial charge in [0.2, 0.25) is 0 Å². The number of hydrogen-bond acceptors (Lipinski definition) is 1. The van der Waals surface area contributed by atoms with E-state index >= 15 is 0 Å². The molecule has 0 saturated heterocycles. The number of carboxylic acids is 1. The van der Waals surface area contributed by atoms with Gasteiger partial charge in [0, 0.05) is 5.56 Å². The maximum Gasteiger partial charge on any atom is 0.307 e. The van der Waals surface area contributed by atoms with Gasteiger partial charge in [-0.2, -0.15) is 0 Å². The Morgan fingerprint density at radius 3 is 2.29 bits per heavy atom. The number of aliphatic carboxylic acids is 1. The van der Waals surface area contributed by atoms with Crippen molar-refractivity contribution >= 4 is 5.97 Å². The van der Waals surface area contributed by atoms with Gasteiger partial charge in [-0.25, -0.2) is 8.78 Å². The van der Waals surface area contributed by atoms with E-state index < -0.39 is 23.5 Å². The number of hydrogen-bond donors (Lipinski definition) is 1. The first-order valence-electron chi connectivity index (χ1n) is 6.68. The Kier molecular flexibility index (Phi) is 4.68. The highest BCUT2D eigenvalue weighted by atomic mass is 19.1. The molecule has 0 fully saturated rings. The summed E-state index contributed by atoms with van der Waals surface area (Å²) in [5.74, 6) is -3.33. The molecule has 1 unspecified atom stereocenters. The third-order valence-corrected chi connectivity index (χ3v) is 3.43. The predicted octanol–water partition coefficient (Wildman–Crippen LogP) is 3.76. The summed E-state index contributed by atoms with van der Waals surface area (Å²) < 4.78 is 27.3. The largest absolute Gasteiger partial charge is 0.481 e. The minimum absolute atomic E-state index is 0.165. The first kappa shape index (κ1) is 15.2. The summed E-state index contributed by atoms with van der Waals surface area (Å²) >= 11 is 0. The lowest BCUT2D eigenvalue weighted by atomic mass is 9.91. The Hall–Kier alpha value is -2.23. The van der Waals surface area contributed by atoms with Crippen LogP contribution in [-0.4, -0.2) is 11.1 Å². The molecule has 0 amide bonds. The Labute approximate surface area is 122 Å². The van der Waals surface area contributed by atoms with Gasteiger partial charge in [-0.05, 0) is 37.5 Å². The fraction of sp³-hybridized carbons (Fsp3) is 0.235. The van der Waals surface area contributed by atoms with Crippen LogP contribution in [0.3, 0.4) is 0 Å². The molecule has 0 aliphatic carbocycles. The topological polar surface area (TPSA) is 37.3 Å². The molecule has 2 nitrogen and oxygen atoms in total. The van der Waals surface area contributed by atoms with Crippen molar-refractivity contribution in [1.82, 2.24) is 0 Å². The van der Waals surface area contributed by atoms with Gasteiger partial charge in [-0.3, -0.25) is 4.79 Å². The molecule has 4 heteroatoms. The van der Waals surface area contributed by atoms with Gasteiger partial charge >= 0.3 is 5.97 Å². The van der Waals surface area contributed by atoms with Crippen molar-refractivity contribution in [1.29, 1.82) is 0 Å². The van der Waals surface area contributed by atoms with Crippen molar-refractivity contribution in [3.05, 3.63) is 70.8 Å². The monoisotopic (exact) mass is 290 g/mol. The van der Waals surface area contributed by atoms with Gasteiger partial charge in [-0.15, -0.1) is 0 Å². The summed E-state index contributed by atoms with van der Waals surface area (Å²) in [5, 5.41) is 9.30. The fourth-order valence-electron chi connectivity index (χ4n) is 2.34. The molecule has 0 aliphatic rings. The third kappa shape index (κ3) is 3.88. The van der Waals surface area contributed by atoms with Crippen LogP contribution >= 0.6 is 0 Å². The lowest BCUT2D eigenvalue weighted by molar-refractivity contribution is -0.141. The van der Waals surface area contributed by atoms with E-state index in [0.717, 1.165) is 23.3 Å². The van der Waals surface area contributed by atoms with Gasteiger partial charge in [0.15, 0.2) is 0 Å². The van der Waals surface area contributed by atoms with Crippen LogP contribution in [0.1, 0.15) is 16.7 Å². The van der Waals surface area contributed by atoms with Gasteiger partial charge in [0.05, 0.1) is 5.92 Å². The third-order valence-electron chi connectivity index (χ3n) is 3.43. The van der Waals surface area contributed by atoms with Gasteiger partial charge < -0.3 is 5.11 Å². The number of rotatable bonds is 5. The fourth-order valence-corrected chi connectivity index (χ4v) is 2.34. The molecule has 0 spiro atoms. The molecule has 0 aromatic heterocycles. The van der Waals surface area contributed by atoms with Gasteiger partial charge in [-0.1, -0.05) is 35.9 Å². The van der Waals surface area contributed by atoms with Crippen LogP contribution in [0.25, 0.3) is 0 Å². The van der Waals surface area contributed by atoms with Crippen molar-refractivity contribution in [3.8, 4) is 0 Å². The van der Waals surface area contributed by atoms with Crippen molar-refractivity contribution in [2.45, 2.75) is 19.8 Å². The van der Waals surface area contributed by atoms with Crippen molar-refractivity contribution < 1.29 is 18.7 Å². The van der Waals surface area contributed by atoms with E-state index in [2.05, 4.69) is 0 Å². The molecule has 2 rings (SSSR count). The maximum absolute atomic E-state index is 13.6. The van der Waals surface area contributed by atoms with Crippen molar-refractivity contribution in [3.63, 3.8) is 0 Å². The zero-order valence-electron chi connectivity index (χ0n) is 11.6. The van der Waals surface area contributed by atoms with E-state index in [1.54, 1.807) is 0 Å². The van der Waals surface area contributed by atoms with Crippen LogP contribution in [-0.2, 0) is 17.6 Å². The first-order chi connectivity index (χ1) is 9.97. The lowest BCUT2D eigenvalue weighted by Gasteiger charge is -2.14. The Balaban J connectivity index is 2.22. The smallest absolute Gasteiger partial charge is 0.307 e. The molecule has 2 aromatic rings. The molecule has 1 N–H and O–H groups in total. The van der Waals surface area contributed by atoms with Gasteiger partial charge in [0.25, 0.3) is 0 Å². The number of benzene rings is 2. The molecule has 21 heavy (non-hydrogen) atoms. The maximum atomic E-state index is 13.6. The minimum Gasteiger partial charge on any atom is -0.481 e. The highest BCUT2D eigenvalue weighted by Gasteiger charge is 2.22. The highest BCUT2D eigenvalue weighted by Crippen LogP contribution is 2.20. The molecule has 2 aromatic carbocycles. The normalized spacial score (nSPS) is 12.1. The van der Waals surface area contributed by atoms with Crippen LogP contribution in [0.4, 0.5) is 8.78 Å². The zero-order chi connectivity index (χ0) is 15.4. The van der Waals surface area contributed by atoms with E-state index in [1.807, 2.05) is 31.2 Å². The van der Waals surface area contributed by atoms with E-state index in [-0.39, 0.29) is 18.4 Å². The quantitative estimate of drug-likeness (QED) is 0.910. The van der Waals surface area contributed by atoms with Crippen LogP contribution in [0.5, 0.6) is 0 Å². The van der Waals surface area contributed by atoms with E-state index in [4.69, 9.17) is 0 Å². The number of halogens is 2. The summed E-state index contributed by atoms with van der Waals surface area (Å²) in [6.45, 7) is 1.91. The molecule has 0 radical (unpaired) electrons.